The molecule has 0 amide bonds. The lowest BCUT2D eigenvalue weighted by atomic mass is 9.73. The molecule has 2 N–H and O–H groups in total. The zero-order chi connectivity index (χ0) is 16.0. The third-order valence-electron chi connectivity index (χ3n) is 5.83. The first-order valence-corrected chi connectivity index (χ1v) is 9.62. The molecule has 1 aliphatic carbocycles. The largest absolute Gasteiger partial charge is 0.379 e. The van der Waals surface area contributed by atoms with E-state index in [0.717, 1.165) is 51.9 Å². The Labute approximate surface area is 141 Å². The van der Waals surface area contributed by atoms with Gasteiger partial charge in [-0.25, -0.2) is 0 Å². The Kier molecular flexibility index (Phi) is 6.17. The topological polar surface area (TPSA) is 54.1 Å². The van der Waals surface area contributed by atoms with Crippen molar-refractivity contribution in [1.29, 1.82) is 0 Å². The van der Waals surface area contributed by atoms with E-state index in [1.54, 1.807) is 0 Å². The van der Waals surface area contributed by atoms with E-state index >= 15 is 0 Å². The summed E-state index contributed by atoms with van der Waals surface area (Å²) < 4.78 is 5.50. The second-order valence-electron chi connectivity index (χ2n) is 7.67. The Morgan fingerprint density at radius 1 is 0.913 bits per heavy atom. The SMILES string of the molecule is NC(=NCC1(CN2CCOCC2)CCCCC1)N1CCCCC1. The minimum absolute atomic E-state index is 0.343. The number of guanidine groups is 1. The number of aliphatic imine (C=N–C) groups is 1. The van der Waals surface area contributed by atoms with E-state index in [1.807, 2.05) is 0 Å². The van der Waals surface area contributed by atoms with Crippen molar-refractivity contribution in [2.75, 3.05) is 52.5 Å². The Hall–Kier alpha value is -0.810. The predicted molar refractivity (Wildman–Crippen MR) is 94.7 cm³/mol. The average Bonchev–Trinajstić information content (AvgIpc) is 2.62. The van der Waals surface area contributed by atoms with Gasteiger partial charge in [-0.05, 0) is 32.1 Å². The second kappa shape index (κ2) is 8.34. The summed E-state index contributed by atoms with van der Waals surface area (Å²) >= 11 is 0. The molecule has 5 nitrogen and oxygen atoms in total. The average molecular weight is 322 g/mol. The quantitative estimate of drug-likeness (QED) is 0.636. The molecule has 0 atom stereocenters. The summed E-state index contributed by atoms with van der Waals surface area (Å²) in [6, 6.07) is 0. The van der Waals surface area contributed by atoms with Crippen molar-refractivity contribution in [1.82, 2.24) is 9.80 Å². The van der Waals surface area contributed by atoms with Crippen molar-refractivity contribution in [3.63, 3.8) is 0 Å². The molecule has 0 aromatic rings. The monoisotopic (exact) mass is 322 g/mol. The van der Waals surface area contributed by atoms with Crippen molar-refractivity contribution < 1.29 is 4.74 Å². The van der Waals surface area contributed by atoms with E-state index in [0.29, 0.717) is 5.41 Å². The molecule has 2 saturated heterocycles. The highest BCUT2D eigenvalue weighted by atomic mass is 16.5. The Bertz CT molecular complexity index is 380. The Balaban J connectivity index is 1.60. The number of ether oxygens (including phenoxy) is 1. The fourth-order valence-electron chi connectivity index (χ4n) is 4.37. The van der Waals surface area contributed by atoms with E-state index < -0.39 is 0 Å². The lowest BCUT2D eigenvalue weighted by Gasteiger charge is -2.41. The first-order chi connectivity index (χ1) is 11.3. The van der Waals surface area contributed by atoms with Crippen molar-refractivity contribution in [2.45, 2.75) is 51.4 Å². The molecule has 132 valence electrons. The predicted octanol–water partition coefficient (Wildman–Crippen LogP) is 2.07. The molecule has 3 rings (SSSR count). The van der Waals surface area contributed by atoms with Gasteiger partial charge in [0.1, 0.15) is 0 Å². The van der Waals surface area contributed by atoms with Crippen LogP contribution >= 0.6 is 0 Å². The van der Waals surface area contributed by atoms with Gasteiger partial charge in [0.05, 0.1) is 13.2 Å². The van der Waals surface area contributed by atoms with Gasteiger partial charge in [0, 0.05) is 44.7 Å². The van der Waals surface area contributed by atoms with Gasteiger partial charge in [-0.1, -0.05) is 19.3 Å². The lowest BCUT2D eigenvalue weighted by Crippen LogP contribution is -2.47. The highest BCUT2D eigenvalue weighted by Crippen LogP contribution is 2.37. The maximum atomic E-state index is 6.30. The Morgan fingerprint density at radius 2 is 1.57 bits per heavy atom. The van der Waals surface area contributed by atoms with Gasteiger partial charge in [-0.15, -0.1) is 0 Å². The number of morpholine rings is 1. The number of rotatable bonds is 4. The number of hydrogen-bond donors (Lipinski definition) is 1. The number of nitrogens with two attached hydrogens (primary N) is 1. The third kappa shape index (κ3) is 4.83. The molecular weight excluding hydrogens is 288 g/mol. The summed E-state index contributed by atoms with van der Waals surface area (Å²) in [6.07, 6.45) is 10.6. The van der Waals surface area contributed by atoms with Crippen LogP contribution in [0.15, 0.2) is 4.99 Å². The van der Waals surface area contributed by atoms with Crippen LogP contribution in [0.2, 0.25) is 0 Å². The van der Waals surface area contributed by atoms with E-state index in [-0.39, 0.29) is 0 Å². The third-order valence-corrected chi connectivity index (χ3v) is 5.83. The fraction of sp³-hybridized carbons (Fsp3) is 0.944. The summed E-state index contributed by atoms with van der Waals surface area (Å²) in [5, 5.41) is 0. The molecule has 0 bridgehead atoms. The molecule has 0 radical (unpaired) electrons. The highest BCUT2D eigenvalue weighted by molar-refractivity contribution is 5.78. The smallest absolute Gasteiger partial charge is 0.191 e. The van der Waals surface area contributed by atoms with Crippen molar-refractivity contribution in [2.24, 2.45) is 16.1 Å². The van der Waals surface area contributed by atoms with E-state index in [1.165, 1.54) is 57.9 Å². The van der Waals surface area contributed by atoms with Crippen LogP contribution in [-0.2, 0) is 4.74 Å². The Morgan fingerprint density at radius 3 is 2.26 bits per heavy atom. The molecule has 0 unspecified atom stereocenters. The van der Waals surface area contributed by atoms with Crippen LogP contribution in [0, 0.1) is 5.41 Å². The maximum Gasteiger partial charge on any atom is 0.191 e. The molecule has 3 aliphatic rings. The van der Waals surface area contributed by atoms with Crippen molar-refractivity contribution >= 4 is 5.96 Å². The first-order valence-electron chi connectivity index (χ1n) is 9.62. The van der Waals surface area contributed by atoms with Gasteiger partial charge in [0.25, 0.3) is 0 Å². The zero-order valence-electron chi connectivity index (χ0n) is 14.6. The molecule has 1 saturated carbocycles. The number of hydrogen-bond acceptors (Lipinski definition) is 3. The molecule has 2 heterocycles. The summed E-state index contributed by atoms with van der Waals surface area (Å²) in [4.78, 5) is 9.74. The molecule has 5 heteroatoms. The highest BCUT2D eigenvalue weighted by Gasteiger charge is 2.34. The van der Waals surface area contributed by atoms with Crippen molar-refractivity contribution in [3.8, 4) is 0 Å². The molecule has 0 aromatic carbocycles. The van der Waals surface area contributed by atoms with Crippen LogP contribution in [0.3, 0.4) is 0 Å². The van der Waals surface area contributed by atoms with E-state index in [2.05, 4.69) is 9.80 Å². The van der Waals surface area contributed by atoms with E-state index in [9.17, 15) is 0 Å². The zero-order valence-corrected chi connectivity index (χ0v) is 14.6. The van der Waals surface area contributed by atoms with Crippen LogP contribution in [0.4, 0.5) is 0 Å². The van der Waals surface area contributed by atoms with Gasteiger partial charge in [-0.3, -0.25) is 9.89 Å². The molecule has 23 heavy (non-hydrogen) atoms. The summed E-state index contributed by atoms with van der Waals surface area (Å²) in [5.74, 6) is 0.789. The molecule has 0 spiro atoms. The molecular formula is C18H34N4O. The van der Waals surface area contributed by atoms with Gasteiger partial charge in [0.15, 0.2) is 5.96 Å². The van der Waals surface area contributed by atoms with E-state index in [4.69, 9.17) is 15.5 Å². The number of nitrogens with zero attached hydrogens (tertiary/aromatic N) is 3. The van der Waals surface area contributed by atoms with Crippen molar-refractivity contribution in [3.05, 3.63) is 0 Å². The van der Waals surface area contributed by atoms with Crippen LogP contribution in [0.1, 0.15) is 51.4 Å². The lowest BCUT2D eigenvalue weighted by molar-refractivity contribution is 0.00934. The minimum Gasteiger partial charge on any atom is -0.379 e. The second-order valence-corrected chi connectivity index (χ2v) is 7.67. The molecule has 0 aromatic heterocycles. The van der Waals surface area contributed by atoms with Crippen LogP contribution < -0.4 is 5.73 Å². The normalized spacial score (nSPS) is 27.1. The van der Waals surface area contributed by atoms with Crippen LogP contribution in [0.25, 0.3) is 0 Å². The summed E-state index contributed by atoms with van der Waals surface area (Å²) in [5.41, 5.74) is 6.64. The van der Waals surface area contributed by atoms with Gasteiger partial charge in [-0.2, -0.15) is 0 Å². The van der Waals surface area contributed by atoms with Crippen LogP contribution in [0.5, 0.6) is 0 Å². The standard InChI is InChI=1S/C18H34N4O/c19-17(22-9-5-2-6-10-22)20-15-18(7-3-1-4-8-18)16-21-11-13-23-14-12-21/h1-16H2,(H2,19,20). The fourth-order valence-corrected chi connectivity index (χ4v) is 4.37. The molecule has 3 fully saturated rings. The van der Waals surface area contributed by atoms with Crippen LogP contribution in [-0.4, -0.2) is 68.2 Å². The van der Waals surface area contributed by atoms with Gasteiger partial charge >= 0.3 is 0 Å². The summed E-state index contributed by atoms with van der Waals surface area (Å²) in [7, 11) is 0. The molecule has 2 aliphatic heterocycles. The first kappa shape index (κ1) is 17.0. The van der Waals surface area contributed by atoms with Gasteiger partial charge < -0.3 is 15.4 Å². The summed E-state index contributed by atoms with van der Waals surface area (Å²) in [6.45, 7) is 8.18. The minimum atomic E-state index is 0.343. The maximum absolute atomic E-state index is 6.30. The van der Waals surface area contributed by atoms with Gasteiger partial charge in [0.2, 0.25) is 0 Å². The number of piperidine rings is 1. The number of likely N-dealkylation sites (tertiary alicyclic amines) is 1.